The van der Waals surface area contributed by atoms with Gasteiger partial charge in [0.05, 0.1) is 5.56 Å². The van der Waals surface area contributed by atoms with Crippen molar-refractivity contribution in [3.05, 3.63) is 76.9 Å². The van der Waals surface area contributed by atoms with Crippen molar-refractivity contribution in [3.8, 4) is 0 Å². The van der Waals surface area contributed by atoms with Gasteiger partial charge in [-0.05, 0) is 40.8 Å². The van der Waals surface area contributed by atoms with E-state index in [1.807, 2.05) is 18.2 Å². The summed E-state index contributed by atoms with van der Waals surface area (Å²) < 4.78 is 0. The minimum absolute atomic E-state index is 0.379. The molecule has 2 nitrogen and oxygen atoms in total. The van der Waals surface area contributed by atoms with Crippen molar-refractivity contribution in [2.24, 2.45) is 0 Å². The smallest absolute Gasteiger partial charge is 0.335 e. The Bertz CT molecular complexity index is 728. The molecule has 98 valence electrons. The standard InChI is InChI=1S/C18H14O2/c19-18(20)12-6-7-14-16(8-12)13-9-15(17(14)10-13)11-4-2-1-3-5-11/h1-9,13,17H,10H2,(H,19,20). The number of hydrogen-bond donors (Lipinski definition) is 1. The van der Waals surface area contributed by atoms with Crippen LogP contribution in [0.2, 0.25) is 0 Å². The average Bonchev–Trinajstić information content (AvgIpc) is 3.06. The molecule has 0 radical (unpaired) electrons. The molecular weight excluding hydrogens is 248 g/mol. The van der Waals surface area contributed by atoms with Crippen LogP contribution >= 0.6 is 0 Å². The number of aromatic carboxylic acids is 1. The molecule has 0 fully saturated rings. The molecule has 2 unspecified atom stereocenters. The van der Waals surface area contributed by atoms with E-state index >= 15 is 0 Å². The maximum Gasteiger partial charge on any atom is 0.335 e. The van der Waals surface area contributed by atoms with E-state index in [4.69, 9.17) is 5.11 Å². The largest absolute Gasteiger partial charge is 0.478 e. The van der Waals surface area contributed by atoms with Gasteiger partial charge in [-0.25, -0.2) is 4.79 Å². The number of rotatable bonds is 2. The lowest BCUT2D eigenvalue weighted by atomic mass is 9.86. The van der Waals surface area contributed by atoms with Gasteiger partial charge in [0, 0.05) is 11.8 Å². The molecule has 2 aliphatic carbocycles. The Morgan fingerprint density at radius 3 is 2.60 bits per heavy atom. The van der Waals surface area contributed by atoms with Gasteiger partial charge in [0.15, 0.2) is 0 Å². The lowest BCUT2D eigenvalue weighted by molar-refractivity contribution is 0.0697. The van der Waals surface area contributed by atoms with Crippen LogP contribution in [0.5, 0.6) is 0 Å². The molecule has 2 bridgehead atoms. The van der Waals surface area contributed by atoms with Crippen LogP contribution in [0.25, 0.3) is 5.57 Å². The Balaban J connectivity index is 1.78. The number of allylic oxidation sites excluding steroid dienone is 2. The zero-order chi connectivity index (χ0) is 13.7. The molecule has 2 heteroatoms. The summed E-state index contributed by atoms with van der Waals surface area (Å²) in [4.78, 5) is 11.1. The van der Waals surface area contributed by atoms with Crippen molar-refractivity contribution in [1.82, 2.24) is 0 Å². The average molecular weight is 262 g/mol. The molecule has 2 atom stereocenters. The topological polar surface area (TPSA) is 37.3 Å². The molecule has 2 aromatic carbocycles. The molecule has 0 heterocycles. The first-order chi connectivity index (χ1) is 9.74. The van der Waals surface area contributed by atoms with Crippen LogP contribution in [0, 0.1) is 0 Å². The molecule has 4 rings (SSSR count). The van der Waals surface area contributed by atoms with Crippen molar-refractivity contribution in [3.63, 3.8) is 0 Å². The van der Waals surface area contributed by atoms with Crippen molar-refractivity contribution in [2.45, 2.75) is 18.3 Å². The fourth-order valence-corrected chi connectivity index (χ4v) is 3.57. The van der Waals surface area contributed by atoms with Gasteiger partial charge in [0.2, 0.25) is 0 Å². The van der Waals surface area contributed by atoms with Gasteiger partial charge in [-0.2, -0.15) is 0 Å². The Morgan fingerprint density at radius 1 is 1.05 bits per heavy atom. The molecule has 0 amide bonds. The third-order valence-corrected chi connectivity index (χ3v) is 4.46. The summed E-state index contributed by atoms with van der Waals surface area (Å²) >= 11 is 0. The van der Waals surface area contributed by atoms with E-state index < -0.39 is 5.97 Å². The van der Waals surface area contributed by atoms with Crippen molar-refractivity contribution < 1.29 is 9.90 Å². The van der Waals surface area contributed by atoms with Gasteiger partial charge < -0.3 is 5.11 Å². The highest BCUT2D eigenvalue weighted by molar-refractivity contribution is 5.89. The van der Waals surface area contributed by atoms with Crippen LogP contribution in [0.3, 0.4) is 0 Å². The molecule has 1 N–H and O–H groups in total. The van der Waals surface area contributed by atoms with Crippen LogP contribution in [-0.2, 0) is 0 Å². The fraction of sp³-hybridized carbons (Fsp3) is 0.167. The number of benzene rings is 2. The summed E-state index contributed by atoms with van der Waals surface area (Å²) in [5, 5.41) is 9.10. The van der Waals surface area contributed by atoms with E-state index in [1.54, 1.807) is 6.07 Å². The number of carboxylic acids is 1. The van der Waals surface area contributed by atoms with Gasteiger partial charge >= 0.3 is 5.97 Å². The number of carbonyl (C=O) groups is 1. The highest BCUT2D eigenvalue weighted by atomic mass is 16.4. The maximum atomic E-state index is 11.1. The normalized spacial score (nSPS) is 22.5. The summed E-state index contributed by atoms with van der Waals surface area (Å²) in [7, 11) is 0. The first kappa shape index (κ1) is 11.5. The summed E-state index contributed by atoms with van der Waals surface area (Å²) in [5.74, 6) is -0.0346. The predicted octanol–water partition coefficient (Wildman–Crippen LogP) is 4.05. The molecule has 20 heavy (non-hydrogen) atoms. The lowest BCUT2D eigenvalue weighted by Gasteiger charge is -2.18. The van der Waals surface area contributed by atoms with Gasteiger partial charge in [-0.1, -0.05) is 42.5 Å². The quantitative estimate of drug-likeness (QED) is 0.886. The van der Waals surface area contributed by atoms with Crippen molar-refractivity contribution in [2.75, 3.05) is 0 Å². The molecule has 2 aromatic rings. The molecule has 2 aliphatic rings. The lowest BCUT2D eigenvalue weighted by Crippen LogP contribution is -2.03. The Kier molecular flexibility index (Phi) is 2.34. The van der Waals surface area contributed by atoms with Crippen molar-refractivity contribution >= 4 is 11.5 Å². The Hall–Kier alpha value is -2.35. The van der Waals surface area contributed by atoms with E-state index in [2.05, 4.69) is 30.3 Å². The molecule has 0 saturated heterocycles. The summed E-state index contributed by atoms with van der Waals surface area (Å²) in [6, 6.07) is 16.0. The van der Waals surface area contributed by atoms with Gasteiger partial charge in [-0.3, -0.25) is 0 Å². The minimum Gasteiger partial charge on any atom is -0.478 e. The number of carboxylic acid groups (broad SMARTS) is 1. The highest BCUT2D eigenvalue weighted by Gasteiger charge is 2.38. The second-order valence-electron chi connectivity index (χ2n) is 5.53. The predicted molar refractivity (Wildman–Crippen MR) is 77.9 cm³/mol. The summed E-state index contributed by atoms with van der Waals surface area (Å²) in [5.41, 5.74) is 5.58. The van der Waals surface area contributed by atoms with E-state index in [9.17, 15) is 4.79 Å². The SMILES string of the molecule is O=C(O)c1ccc2c(c1)C1C=C(c3ccccc3)C2C1. The second kappa shape index (κ2) is 4.07. The van der Waals surface area contributed by atoms with Crippen LogP contribution < -0.4 is 0 Å². The van der Waals surface area contributed by atoms with Crippen LogP contribution in [0.15, 0.2) is 54.6 Å². The second-order valence-corrected chi connectivity index (χ2v) is 5.53. The third kappa shape index (κ3) is 1.54. The van der Waals surface area contributed by atoms with E-state index in [-0.39, 0.29) is 0 Å². The van der Waals surface area contributed by atoms with Crippen LogP contribution in [0.1, 0.15) is 45.3 Å². The van der Waals surface area contributed by atoms with Crippen LogP contribution in [-0.4, -0.2) is 11.1 Å². The zero-order valence-corrected chi connectivity index (χ0v) is 10.9. The first-order valence-electron chi connectivity index (χ1n) is 6.88. The Labute approximate surface area is 117 Å². The van der Waals surface area contributed by atoms with E-state index in [0.29, 0.717) is 17.4 Å². The minimum atomic E-state index is -0.845. The maximum absolute atomic E-state index is 11.1. The molecule has 0 aromatic heterocycles. The van der Waals surface area contributed by atoms with Gasteiger partial charge in [0.1, 0.15) is 0 Å². The zero-order valence-electron chi connectivity index (χ0n) is 10.9. The third-order valence-electron chi connectivity index (χ3n) is 4.46. The highest BCUT2D eigenvalue weighted by Crippen LogP contribution is 2.55. The first-order valence-corrected chi connectivity index (χ1v) is 6.88. The van der Waals surface area contributed by atoms with Crippen LogP contribution in [0.4, 0.5) is 0 Å². The molecule has 0 spiro atoms. The molecular formula is C18H14O2. The van der Waals surface area contributed by atoms with Gasteiger partial charge in [0.25, 0.3) is 0 Å². The number of fused-ring (bicyclic) bond motifs is 5. The monoisotopic (exact) mass is 262 g/mol. The summed E-state index contributed by atoms with van der Waals surface area (Å²) in [6.45, 7) is 0. The fourth-order valence-electron chi connectivity index (χ4n) is 3.57. The van der Waals surface area contributed by atoms with Gasteiger partial charge in [-0.15, -0.1) is 0 Å². The van der Waals surface area contributed by atoms with E-state index in [0.717, 1.165) is 6.42 Å². The number of hydrogen-bond acceptors (Lipinski definition) is 1. The Morgan fingerprint density at radius 2 is 1.85 bits per heavy atom. The van der Waals surface area contributed by atoms with Crippen molar-refractivity contribution in [1.29, 1.82) is 0 Å². The molecule has 0 saturated carbocycles. The van der Waals surface area contributed by atoms with E-state index in [1.165, 1.54) is 22.3 Å². The molecule has 0 aliphatic heterocycles. The summed E-state index contributed by atoms with van der Waals surface area (Å²) in [6.07, 6.45) is 3.40.